The third-order valence-electron chi connectivity index (χ3n) is 3.97. The van der Waals surface area contributed by atoms with E-state index in [0.29, 0.717) is 23.2 Å². The summed E-state index contributed by atoms with van der Waals surface area (Å²) in [5.74, 6) is 0.769. The highest BCUT2D eigenvalue weighted by Crippen LogP contribution is 2.38. The number of carbonyl (C=O) groups excluding carboxylic acids is 1. The molecule has 17 heavy (non-hydrogen) atoms. The predicted molar refractivity (Wildman–Crippen MR) is 65.6 cm³/mol. The van der Waals surface area contributed by atoms with E-state index >= 15 is 0 Å². The van der Waals surface area contributed by atoms with Gasteiger partial charge in [-0.2, -0.15) is 0 Å². The molecule has 1 aliphatic heterocycles. The number of piperidine rings is 1. The van der Waals surface area contributed by atoms with Crippen LogP contribution in [-0.4, -0.2) is 28.4 Å². The number of anilines is 1. The number of nitrogens with zero attached hydrogens (tertiary/aromatic N) is 2. The Morgan fingerprint density at radius 1 is 1.53 bits per heavy atom. The normalized spacial score (nSPS) is 26.5. The molecule has 2 fully saturated rings. The van der Waals surface area contributed by atoms with E-state index in [1.807, 2.05) is 11.8 Å². The summed E-state index contributed by atoms with van der Waals surface area (Å²) >= 11 is 0. The Kier molecular flexibility index (Phi) is 2.31. The Morgan fingerprint density at radius 2 is 2.35 bits per heavy atom. The molecule has 1 amide bonds. The quantitative estimate of drug-likeness (QED) is 0.798. The van der Waals surface area contributed by atoms with Crippen LogP contribution in [0.1, 0.15) is 35.3 Å². The average molecular weight is 231 g/mol. The largest absolute Gasteiger partial charge is 0.398 e. The smallest absolute Gasteiger partial charge is 0.257 e. The SMILES string of the molecule is Cc1cc(N)c(C(=O)N2CC3CCC2C3)cn1. The number of likely N-dealkylation sites (tertiary alicyclic amines) is 1. The number of hydrogen-bond acceptors (Lipinski definition) is 3. The lowest BCUT2D eigenvalue weighted by Crippen LogP contribution is -2.38. The van der Waals surface area contributed by atoms with Crippen LogP contribution in [0.5, 0.6) is 0 Å². The molecular weight excluding hydrogens is 214 g/mol. The average Bonchev–Trinajstić information content (AvgIpc) is 2.89. The van der Waals surface area contributed by atoms with Crippen LogP contribution in [0.3, 0.4) is 0 Å². The van der Waals surface area contributed by atoms with Crippen molar-refractivity contribution in [3.8, 4) is 0 Å². The highest BCUT2D eigenvalue weighted by Gasteiger charge is 2.40. The Labute approximate surface area is 101 Å². The minimum absolute atomic E-state index is 0.0576. The van der Waals surface area contributed by atoms with Crippen molar-refractivity contribution in [1.82, 2.24) is 9.88 Å². The van der Waals surface area contributed by atoms with E-state index in [9.17, 15) is 4.79 Å². The number of nitrogens with two attached hydrogens (primary N) is 1. The van der Waals surface area contributed by atoms with Crippen molar-refractivity contribution >= 4 is 11.6 Å². The minimum atomic E-state index is 0.0576. The summed E-state index contributed by atoms with van der Waals surface area (Å²) in [6, 6.07) is 2.20. The van der Waals surface area contributed by atoms with Gasteiger partial charge in [-0.05, 0) is 38.2 Å². The van der Waals surface area contributed by atoms with Crippen LogP contribution < -0.4 is 5.73 Å². The molecule has 1 saturated heterocycles. The standard InChI is InChI=1S/C13H17N3O/c1-8-4-12(14)11(6-15-8)13(17)16-7-9-2-3-10(16)5-9/h4,6,9-10H,2-3,5,7H2,1H3,(H2,14,15). The van der Waals surface area contributed by atoms with Gasteiger partial charge >= 0.3 is 0 Å². The van der Waals surface area contributed by atoms with Crippen molar-refractivity contribution in [2.24, 2.45) is 5.92 Å². The van der Waals surface area contributed by atoms with Crippen LogP contribution in [0.15, 0.2) is 12.3 Å². The van der Waals surface area contributed by atoms with E-state index in [1.54, 1.807) is 12.3 Å². The fraction of sp³-hybridized carbons (Fsp3) is 0.538. The van der Waals surface area contributed by atoms with Gasteiger partial charge in [-0.25, -0.2) is 0 Å². The molecule has 2 N–H and O–H groups in total. The van der Waals surface area contributed by atoms with Gasteiger partial charge in [0.1, 0.15) is 0 Å². The van der Waals surface area contributed by atoms with Crippen LogP contribution in [0.25, 0.3) is 0 Å². The van der Waals surface area contributed by atoms with E-state index < -0.39 is 0 Å². The molecular formula is C13H17N3O. The molecule has 0 aromatic carbocycles. The van der Waals surface area contributed by atoms with Gasteiger partial charge in [0.15, 0.2) is 0 Å². The van der Waals surface area contributed by atoms with Gasteiger partial charge < -0.3 is 10.6 Å². The fourth-order valence-corrected chi connectivity index (χ4v) is 3.09. The minimum Gasteiger partial charge on any atom is -0.398 e. The summed E-state index contributed by atoms with van der Waals surface area (Å²) in [6.07, 6.45) is 5.20. The van der Waals surface area contributed by atoms with Gasteiger partial charge in [-0.15, -0.1) is 0 Å². The summed E-state index contributed by atoms with van der Waals surface area (Å²) in [7, 11) is 0. The molecule has 2 unspecified atom stereocenters. The lowest BCUT2D eigenvalue weighted by molar-refractivity contribution is 0.0704. The molecule has 1 saturated carbocycles. The molecule has 2 bridgehead atoms. The van der Waals surface area contributed by atoms with E-state index in [4.69, 9.17) is 5.73 Å². The van der Waals surface area contributed by atoms with Gasteiger partial charge in [-0.1, -0.05) is 0 Å². The molecule has 0 radical (unpaired) electrons. The van der Waals surface area contributed by atoms with E-state index in [2.05, 4.69) is 4.98 Å². The van der Waals surface area contributed by atoms with Crippen molar-refractivity contribution < 1.29 is 4.79 Å². The molecule has 1 aliphatic carbocycles. The maximum Gasteiger partial charge on any atom is 0.257 e. The molecule has 0 spiro atoms. The van der Waals surface area contributed by atoms with Gasteiger partial charge in [0.05, 0.1) is 5.56 Å². The van der Waals surface area contributed by atoms with Crippen molar-refractivity contribution in [2.75, 3.05) is 12.3 Å². The number of hydrogen-bond donors (Lipinski definition) is 1. The first-order valence-corrected chi connectivity index (χ1v) is 6.18. The highest BCUT2D eigenvalue weighted by atomic mass is 16.2. The summed E-state index contributed by atoms with van der Waals surface area (Å²) < 4.78 is 0. The number of carbonyl (C=O) groups is 1. The van der Waals surface area contributed by atoms with E-state index in [-0.39, 0.29) is 5.91 Å². The van der Waals surface area contributed by atoms with Gasteiger partial charge in [0, 0.05) is 30.2 Å². The van der Waals surface area contributed by atoms with Gasteiger partial charge in [-0.3, -0.25) is 9.78 Å². The van der Waals surface area contributed by atoms with E-state index in [1.165, 1.54) is 12.8 Å². The zero-order valence-electron chi connectivity index (χ0n) is 10.0. The zero-order valence-corrected chi connectivity index (χ0v) is 10.0. The third kappa shape index (κ3) is 1.68. The molecule has 4 nitrogen and oxygen atoms in total. The fourth-order valence-electron chi connectivity index (χ4n) is 3.09. The first-order valence-electron chi connectivity index (χ1n) is 6.18. The number of aryl methyl sites for hydroxylation is 1. The van der Waals surface area contributed by atoms with Crippen LogP contribution in [-0.2, 0) is 0 Å². The van der Waals surface area contributed by atoms with Gasteiger partial charge in [0.2, 0.25) is 0 Å². The maximum atomic E-state index is 12.4. The Balaban J connectivity index is 1.87. The van der Waals surface area contributed by atoms with Crippen molar-refractivity contribution in [3.63, 3.8) is 0 Å². The number of fused-ring (bicyclic) bond motifs is 2. The zero-order chi connectivity index (χ0) is 12.0. The monoisotopic (exact) mass is 231 g/mol. The molecule has 1 aromatic rings. The molecule has 3 rings (SSSR count). The lowest BCUT2D eigenvalue weighted by Gasteiger charge is -2.27. The molecule has 1 aromatic heterocycles. The Morgan fingerprint density at radius 3 is 2.94 bits per heavy atom. The summed E-state index contributed by atoms with van der Waals surface area (Å²) in [5, 5.41) is 0. The second kappa shape index (κ2) is 3.72. The van der Waals surface area contributed by atoms with Crippen LogP contribution in [0.2, 0.25) is 0 Å². The lowest BCUT2D eigenvalue weighted by atomic mass is 10.1. The highest BCUT2D eigenvalue weighted by molar-refractivity contribution is 5.99. The number of pyridine rings is 1. The Bertz CT molecular complexity index is 472. The van der Waals surface area contributed by atoms with Crippen molar-refractivity contribution in [2.45, 2.75) is 32.2 Å². The van der Waals surface area contributed by atoms with Crippen LogP contribution in [0.4, 0.5) is 5.69 Å². The summed E-state index contributed by atoms with van der Waals surface area (Å²) in [5.41, 5.74) is 7.85. The van der Waals surface area contributed by atoms with Gasteiger partial charge in [0.25, 0.3) is 5.91 Å². The molecule has 2 aliphatic rings. The molecule has 2 heterocycles. The second-order valence-corrected chi connectivity index (χ2v) is 5.20. The number of nitrogen functional groups attached to an aromatic ring is 1. The Hall–Kier alpha value is -1.58. The third-order valence-corrected chi connectivity index (χ3v) is 3.97. The molecule has 2 atom stereocenters. The van der Waals surface area contributed by atoms with Crippen LogP contribution >= 0.6 is 0 Å². The first-order chi connectivity index (χ1) is 8.15. The first kappa shape index (κ1) is 10.6. The van der Waals surface area contributed by atoms with Crippen LogP contribution in [0, 0.1) is 12.8 Å². The molecule has 4 heteroatoms. The summed E-state index contributed by atoms with van der Waals surface area (Å²) in [4.78, 5) is 18.5. The van der Waals surface area contributed by atoms with Crippen molar-refractivity contribution in [1.29, 1.82) is 0 Å². The number of amides is 1. The number of aromatic nitrogens is 1. The van der Waals surface area contributed by atoms with E-state index in [0.717, 1.165) is 18.7 Å². The molecule has 90 valence electrons. The summed E-state index contributed by atoms with van der Waals surface area (Å²) in [6.45, 7) is 2.78. The van der Waals surface area contributed by atoms with Crippen molar-refractivity contribution in [3.05, 3.63) is 23.5 Å². The number of rotatable bonds is 1. The predicted octanol–water partition coefficient (Wildman–Crippen LogP) is 1.60. The topological polar surface area (TPSA) is 59.2 Å². The second-order valence-electron chi connectivity index (χ2n) is 5.20. The maximum absolute atomic E-state index is 12.4.